The van der Waals surface area contributed by atoms with Crippen LogP contribution in [0.25, 0.3) is 0 Å². The van der Waals surface area contributed by atoms with Gasteiger partial charge in [0.1, 0.15) is 11.9 Å². The van der Waals surface area contributed by atoms with Gasteiger partial charge >= 0.3 is 0 Å². The topological polar surface area (TPSA) is 29.5 Å². The van der Waals surface area contributed by atoms with E-state index in [1.54, 1.807) is 19.2 Å². The number of rotatable bonds is 3. The number of hydrogen-bond donors (Lipinski definition) is 1. The fourth-order valence-corrected chi connectivity index (χ4v) is 2.35. The molecule has 100 valence electrons. The van der Waals surface area contributed by atoms with Crippen molar-refractivity contribution in [3.05, 3.63) is 63.7 Å². The predicted molar refractivity (Wildman–Crippen MR) is 78.0 cm³/mol. The van der Waals surface area contributed by atoms with Crippen LogP contribution in [0.1, 0.15) is 28.4 Å². The van der Waals surface area contributed by atoms with Crippen molar-refractivity contribution in [1.82, 2.24) is 0 Å². The zero-order chi connectivity index (χ0) is 14.0. The summed E-state index contributed by atoms with van der Waals surface area (Å²) in [5.41, 5.74) is 3.85. The molecule has 2 nitrogen and oxygen atoms in total. The molecule has 1 N–H and O–H groups in total. The van der Waals surface area contributed by atoms with E-state index in [-0.39, 0.29) is 0 Å². The fraction of sp³-hybridized carbons (Fsp3) is 0.250. The number of aliphatic hydroxyl groups is 1. The Bertz CT molecular complexity index is 593. The monoisotopic (exact) mass is 276 g/mol. The lowest BCUT2D eigenvalue weighted by Crippen LogP contribution is -2.02. The van der Waals surface area contributed by atoms with E-state index in [1.165, 1.54) is 0 Å². The van der Waals surface area contributed by atoms with Crippen molar-refractivity contribution in [2.45, 2.75) is 20.0 Å². The van der Waals surface area contributed by atoms with Crippen LogP contribution < -0.4 is 4.74 Å². The van der Waals surface area contributed by atoms with Crippen molar-refractivity contribution in [2.75, 3.05) is 7.11 Å². The molecule has 2 rings (SSSR count). The first-order chi connectivity index (χ1) is 9.02. The molecule has 1 unspecified atom stereocenters. The van der Waals surface area contributed by atoms with Gasteiger partial charge in [0.25, 0.3) is 0 Å². The zero-order valence-electron chi connectivity index (χ0n) is 11.3. The summed E-state index contributed by atoms with van der Waals surface area (Å²) in [6.07, 6.45) is -0.677. The molecule has 0 bridgehead atoms. The van der Waals surface area contributed by atoms with Crippen molar-refractivity contribution in [3.8, 4) is 5.75 Å². The molecule has 2 aromatic rings. The third-order valence-corrected chi connectivity index (χ3v) is 3.52. The summed E-state index contributed by atoms with van der Waals surface area (Å²) in [6, 6.07) is 11.4. The number of hydrogen-bond acceptors (Lipinski definition) is 2. The van der Waals surface area contributed by atoms with Crippen LogP contribution in [0.4, 0.5) is 0 Å². The first kappa shape index (κ1) is 13.9. The molecule has 0 aliphatic rings. The van der Waals surface area contributed by atoms with Gasteiger partial charge in [0.15, 0.2) is 0 Å². The van der Waals surface area contributed by atoms with E-state index in [0.29, 0.717) is 10.8 Å². The van der Waals surface area contributed by atoms with Gasteiger partial charge in [-0.3, -0.25) is 0 Å². The Morgan fingerprint density at radius 1 is 1.11 bits per heavy atom. The second-order valence-corrected chi connectivity index (χ2v) is 5.06. The van der Waals surface area contributed by atoms with E-state index >= 15 is 0 Å². The van der Waals surface area contributed by atoms with Gasteiger partial charge in [0.05, 0.1) is 12.1 Å². The number of methoxy groups -OCH3 is 1. The second-order valence-electron chi connectivity index (χ2n) is 4.66. The summed E-state index contributed by atoms with van der Waals surface area (Å²) < 4.78 is 5.11. The summed E-state index contributed by atoms with van der Waals surface area (Å²) in [5.74, 6) is 0.610. The van der Waals surface area contributed by atoms with E-state index in [4.69, 9.17) is 16.3 Å². The minimum Gasteiger partial charge on any atom is -0.495 e. The van der Waals surface area contributed by atoms with E-state index in [2.05, 4.69) is 0 Å². The van der Waals surface area contributed by atoms with Crippen LogP contribution in [0, 0.1) is 13.8 Å². The Kier molecular flexibility index (Phi) is 4.13. The molecule has 0 amide bonds. The molecule has 3 heteroatoms. The van der Waals surface area contributed by atoms with Crippen LogP contribution in [0.5, 0.6) is 5.75 Å². The Balaban J connectivity index is 2.41. The summed E-state index contributed by atoms with van der Waals surface area (Å²) in [7, 11) is 1.57. The summed E-state index contributed by atoms with van der Waals surface area (Å²) in [6.45, 7) is 4.00. The van der Waals surface area contributed by atoms with Crippen molar-refractivity contribution < 1.29 is 9.84 Å². The summed E-state index contributed by atoms with van der Waals surface area (Å²) in [5, 5.41) is 11.0. The van der Waals surface area contributed by atoms with E-state index < -0.39 is 6.10 Å². The Labute approximate surface area is 118 Å². The maximum atomic E-state index is 10.5. The van der Waals surface area contributed by atoms with E-state index in [9.17, 15) is 5.11 Å². The van der Waals surface area contributed by atoms with E-state index in [1.807, 2.05) is 38.1 Å². The maximum absolute atomic E-state index is 10.5. The van der Waals surface area contributed by atoms with Gasteiger partial charge in [-0.1, -0.05) is 41.4 Å². The lowest BCUT2D eigenvalue weighted by Gasteiger charge is -2.16. The molecule has 0 aliphatic heterocycles. The van der Waals surface area contributed by atoms with Crippen molar-refractivity contribution in [3.63, 3.8) is 0 Å². The molecule has 0 radical (unpaired) electrons. The molecule has 2 aromatic carbocycles. The smallest absolute Gasteiger partial charge is 0.137 e. The number of ether oxygens (including phenoxy) is 1. The van der Waals surface area contributed by atoms with Crippen molar-refractivity contribution in [2.24, 2.45) is 0 Å². The van der Waals surface area contributed by atoms with Crippen LogP contribution in [-0.2, 0) is 0 Å². The van der Waals surface area contributed by atoms with Gasteiger partial charge in [-0.2, -0.15) is 0 Å². The number of benzene rings is 2. The molecular weight excluding hydrogens is 260 g/mol. The number of halogens is 1. The van der Waals surface area contributed by atoms with Crippen LogP contribution in [0.15, 0.2) is 36.4 Å². The molecule has 0 saturated heterocycles. The molecule has 0 spiro atoms. The molecule has 0 aromatic heterocycles. The normalized spacial score (nSPS) is 12.3. The lowest BCUT2D eigenvalue weighted by atomic mass is 9.96. The number of aryl methyl sites for hydroxylation is 2. The average Bonchev–Trinajstić information content (AvgIpc) is 2.40. The summed E-state index contributed by atoms with van der Waals surface area (Å²) >= 11 is 6.10. The Morgan fingerprint density at radius 2 is 1.84 bits per heavy atom. The first-order valence-electron chi connectivity index (χ1n) is 6.11. The highest BCUT2D eigenvalue weighted by molar-refractivity contribution is 6.32. The van der Waals surface area contributed by atoms with Crippen LogP contribution in [0.3, 0.4) is 0 Å². The first-order valence-corrected chi connectivity index (χ1v) is 6.49. The minimum absolute atomic E-state index is 0.504. The van der Waals surface area contributed by atoms with Gasteiger partial charge in [-0.25, -0.2) is 0 Å². The predicted octanol–water partition coefficient (Wildman–Crippen LogP) is 4.05. The molecule has 19 heavy (non-hydrogen) atoms. The molecule has 0 saturated carbocycles. The quantitative estimate of drug-likeness (QED) is 0.916. The molecule has 1 atom stereocenters. The van der Waals surface area contributed by atoms with Crippen molar-refractivity contribution >= 4 is 11.6 Å². The van der Waals surface area contributed by atoms with Crippen LogP contribution >= 0.6 is 11.6 Å². The second kappa shape index (κ2) is 5.64. The molecule has 0 heterocycles. The Hall–Kier alpha value is -1.51. The fourth-order valence-electron chi connectivity index (χ4n) is 2.09. The number of aliphatic hydroxyl groups excluding tert-OH is 1. The average molecular weight is 277 g/mol. The van der Waals surface area contributed by atoms with Gasteiger partial charge in [-0.05, 0) is 42.7 Å². The van der Waals surface area contributed by atoms with Gasteiger partial charge in [0, 0.05) is 0 Å². The van der Waals surface area contributed by atoms with Crippen molar-refractivity contribution in [1.29, 1.82) is 0 Å². The highest BCUT2D eigenvalue weighted by atomic mass is 35.5. The molecule has 0 aliphatic carbocycles. The molecular formula is C16H17ClO2. The van der Waals surface area contributed by atoms with Crippen LogP contribution in [0.2, 0.25) is 5.02 Å². The third kappa shape index (κ3) is 2.91. The zero-order valence-corrected chi connectivity index (χ0v) is 12.0. The highest BCUT2D eigenvalue weighted by Crippen LogP contribution is 2.31. The summed E-state index contributed by atoms with van der Waals surface area (Å²) in [4.78, 5) is 0. The van der Waals surface area contributed by atoms with Crippen LogP contribution in [-0.4, -0.2) is 12.2 Å². The van der Waals surface area contributed by atoms with Gasteiger partial charge in [0.2, 0.25) is 0 Å². The highest BCUT2D eigenvalue weighted by Gasteiger charge is 2.14. The van der Waals surface area contributed by atoms with Gasteiger partial charge < -0.3 is 9.84 Å². The maximum Gasteiger partial charge on any atom is 0.137 e. The van der Waals surface area contributed by atoms with Gasteiger partial charge in [-0.15, -0.1) is 0 Å². The third-order valence-electron chi connectivity index (χ3n) is 3.22. The minimum atomic E-state index is -0.677. The van der Waals surface area contributed by atoms with E-state index in [0.717, 1.165) is 22.3 Å². The standard InChI is InChI=1S/C16H17ClO2/c1-10-4-5-11(2)13(8-10)16(18)12-6-7-15(19-3)14(17)9-12/h4-9,16,18H,1-3H3. The SMILES string of the molecule is COc1ccc(C(O)c2cc(C)ccc2C)cc1Cl. The lowest BCUT2D eigenvalue weighted by molar-refractivity contribution is 0.219. The molecule has 0 fully saturated rings. The largest absolute Gasteiger partial charge is 0.495 e. The Morgan fingerprint density at radius 3 is 2.47 bits per heavy atom.